The van der Waals surface area contributed by atoms with Gasteiger partial charge in [-0.05, 0) is 35.9 Å². The van der Waals surface area contributed by atoms with Crippen LogP contribution in [-0.4, -0.2) is 5.78 Å². The van der Waals surface area contributed by atoms with Gasteiger partial charge in [-0.1, -0.05) is 11.6 Å². The molecule has 1 aliphatic heterocycles. The first-order valence-corrected chi connectivity index (χ1v) is 6.36. The van der Waals surface area contributed by atoms with E-state index in [0.717, 1.165) is 6.07 Å². The minimum Gasteiger partial charge on any atom is -0.484 e. The highest BCUT2D eigenvalue weighted by Gasteiger charge is 2.28. The predicted octanol–water partition coefficient (Wildman–Crippen LogP) is 4.32. The first-order valence-electron chi connectivity index (χ1n) is 5.98. The molecular weight excluding hydrogens is 286 g/mol. The molecule has 1 aliphatic rings. The first-order chi connectivity index (χ1) is 9.52. The van der Waals surface area contributed by atoms with Crippen molar-refractivity contribution in [1.82, 2.24) is 0 Å². The Morgan fingerprint density at radius 1 is 1.10 bits per heavy atom. The highest BCUT2D eigenvalue weighted by molar-refractivity contribution is 6.30. The van der Waals surface area contributed by atoms with E-state index < -0.39 is 17.7 Å². The molecule has 3 rings (SSSR count). The lowest BCUT2D eigenvalue weighted by atomic mass is 9.96. The fourth-order valence-corrected chi connectivity index (χ4v) is 2.47. The molecule has 102 valence electrons. The zero-order valence-corrected chi connectivity index (χ0v) is 11.0. The van der Waals surface area contributed by atoms with E-state index in [1.807, 2.05) is 0 Å². The summed E-state index contributed by atoms with van der Waals surface area (Å²) in [7, 11) is 0. The maximum Gasteiger partial charge on any atom is 0.170 e. The summed E-state index contributed by atoms with van der Waals surface area (Å²) in [6, 6.07) is 7.71. The molecule has 2 aromatic rings. The van der Waals surface area contributed by atoms with Gasteiger partial charge < -0.3 is 4.74 Å². The number of carbonyl (C=O) groups is 1. The van der Waals surface area contributed by atoms with E-state index in [2.05, 4.69) is 0 Å². The number of ketones is 1. The van der Waals surface area contributed by atoms with E-state index in [1.165, 1.54) is 30.3 Å². The second-order valence-electron chi connectivity index (χ2n) is 4.58. The summed E-state index contributed by atoms with van der Waals surface area (Å²) in [4.78, 5) is 12.0. The SMILES string of the molecule is O=C1CC(c2cc(F)cc(Cl)c2)Oc2cc(F)ccc21. The average molecular weight is 295 g/mol. The van der Waals surface area contributed by atoms with Crippen molar-refractivity contribution < 1.29 is 18.3 Å². The second-order valence-corrected chi connectivity index (χ2v) is 5.01. The highest BCUT2D eigenvalue weighted by Crippen LogP contribution is 2.36. The molecule has 0 saturated carbocycles. The summed E-state index contributed by atoms with van der Waals surface area (Å²) in [5.74, 6) is -0.994. The molecule has 0 amide bonds. The number of benzene rings is 2. The minimum absolute atomic E-state index is 0.0679. The Labute approximate surface area is 118 Å². The minimum atomic E-state index is -0.662. The van der Waals surface area contributed by atoms with Crippen LogP contribution in [0.5, 0.6) is 5.75 Å². The van der Waals surface area contributed by atoms with Crippen molar-refractivity contribution in [2.45, 2.75) is 12.5 Å². The normalized spacial score (nSPS) is 17.6. The highest BCUT2D eigenvalue weighted by atomic mass is 35.5. The fourth-order valence-electron chi connectivity index (χ4n) is 2.24. The van der Waals surface area contributed by atoms with Gasteiger partial charge in [0.1, 0.15) is 23.5 Å². The average Bonchev–Trinajstić information content (AvgIpc) is 2.36. The Morgan fingerprint density at radius 3 is 2.65 bits per heavy atom. The molecule has 0 N–H and O–H groups in total. The largest absolute Gasteiger partial charge is 0.484 e. The maximum absolute atomic E-state index is 13.4. The van der Waals surface area contributed by atoms with Gasteiger partial charge in [0.05, 0.1) is 12.0 Å². The Kier molecular flexibility index (Phi) is 3.18. The van der Waals surface area contributed by atoms with Crippen LogP contribution in [0.4, 0.5) is 8.78 Å². The van der Waals surface area contributed by atoms with Gasteiger partial charge in [-0.3, -0.25) is 4.79 Å². The van der Waals surface area contributed by atoms with E-state index >= 15 is 0 Å². The van der Waals surface area contributed by atoms with E-state index in [0.29, 0.717) is 11.1 Å². The molecular formula is C15H9ClF2O2. The van der Waals surface area contributed by atoms with Crippen LogP contribution in [0.2, 0.25) is 5.02 Å². The van der Waals surface area contributed by atoms with Crippen molar-refractivity contribution in [1.29, 1.82) is 0 Å². The van der Waals surface area contributed by atoms with Crippen molar-refractivity contribution >= 4 is 17.4 Å². The van der Waals surface area contributed by atoms with Gasteiger partial charge in [0, 0.05) is 11.1 Å². The monoisotopic (exact) mass is 294 g/mol. The number of fused-ring (bicyclic) bond motifs is 1. The summed E-state index contributed by atoms with van der Waals surface area (Å²) >= 11 is 5.79. The second kappa shape index (κ2) is 4.87. The van der Waals surface area contributed by atoms with Crippen molar-refractivity contribution in [3.8, 4) is 5.75 Å². The van der Waals surface area contributed by atoms with Gasteiger partial charge >= 0.3 is 0 Å². The van der Waals surface area contributed by atoms with Gasteiger partial charge in [-0.25, -0.2) is 8.78 Å². The van der Waals surface area contributed by atoms with Crippen LogP contribution in [0, 0.1) is 11.6 Å². The molecule has 5 heteroatoms. The number of halogens is 3. The summed E-state index contributed by atoms with van der Waals surface area (Å²) in [5.41, 5.74) is 0.795. The van der Waals surface area contributed by atoms with Crippen molar-refractivity contribution in [2.75, 3.05) is 0 Å². The maximum atomic E-state index is 13.4. The Hall–Kier alpha value is -1.94. The van der Waals surface area contributed by atoms with Gasteiger partial charge in [0.25, 0.3) is 0 Å². The van der Waals surface area contributed by atoms with Crippen LogP contribution >= 0.6 is 11.6 Å². The summed E-state index contributed by atoms with van der Waals surface area (Å²) in [6.45, 7) is 0. The topological polar surface area (TPSA) is 26.3 Å². The molecule has 0 bridgehead atoms. The third kappa shape index (κ3) is 2.39. The fraction of sp³-hybridized carbons (Fsp3) is 0.133. The van der Waals surface area contributed by atoms with E-state index in [1.54, 1.807) is 0 Å². The number of hydrogen-bond acceptors (Lipinski definition) is 2. The summed E-state index contributed by atoms with van der Waals surface area (Å²) in [6.07, 6.45) is -0.594. The quantitative estimate of drug-likeness (QED) is 0.783. The molecule has 1 unspecified atom stereocenters. The van der Waals surface area contributed by atoms with E-state index in [9.17, 15) is 13.6 Å². The van der Waals surface area contributed by atoms with Crippen LogP contribution in [-0.2, 0) is 0 Å². The molecule has 2 nitrogen and oxygen atoms in total. The Bertz CT molecular complexity index is 680. The standard InChI is InChI=1S/C15H9ClF2O2/c16-9-3-8(4-11(18)5-9)14-7-13(19)12-2-1-10(17)6-15(12)20-14/h1-6,14H,7H2. The number of ether oxygens (including phenoxy) is 1. The third-order valence-corrected chi connectivity index (χ3v) is 3.36. The lowest BCUT2D eigenvalue weighted by Crippen LogP contribution is -2.20. The van der Waals surface area contributed by atoms with Gasteiger partial charge in [0.15, 0.2) is 5.78 Å². The molecule has 0 saturated heterocycles. The van der Waals surface area contributed by atoms with Crippen LogP contribution < -0.4 is 4.74 Å². The smallest absolute Gasteiger partial charge is 0.170 e. The van der Waals surface area contributed by atoms with Crippen LogP contribution in [0.1, 0.15) is 28.4 Å². The number of rotatable bonds is 1. The Morgan fingerprint density at radius 2 is 1.90 bits per heavy atom. The molecule has 20 heavy (non-hydrogen) atoms. The van der Waals surface area contributed by atoms with Gasteiger partial charge in [0.2, 0.25) is 0 Å². The predicted molar refractivity (Wildman–Crippen MR) is 70.1 cm³/mol. The lowest BCUT2D eigenvalue weighted by molar-refractivity contribution is 0.0849. The molecule has 1 heterocycles. The van der Waals surface area contributed by atoms with Crippen LogP contribution in [0.3, 0.4) is 0 Å². The Balaban J connectivity index is 2.00. The molecule has 0 spiro atoms. The van der Waals surface area contributed by atoms with Crippen molar-refractivity contribution in [3.63, 3.8) is 0 Å². The zero-order chi connectivity index (χ0) is 14.3. The van der Waals surface area contributed by atoms with Gasteiger partial charge in [-0.15, -0.1) is 0 Å². The molecule has 0 radical (unpaired) electrons. The van der Waals surface area contributed by atoms with Crippen LogP contribution in [0.15, 0.2) is 36.4 Å². The van der Waals surface area contributed by atoms with Crippen molar-refractivity contribution in [2.24, 2.45) is 0 Å². The molecule has 1 atom stereocenters. The lowest BCUT2D eigenvalue weighted by Gasteiger charge is -2.25. The summed E-state index contributed by atoms with van der Waals surface area (Å²) < 4.78 is 32.2. The van der Waals surface area contributed by atoms with Crippen LogP contribution in [0.25, 0.3) is 0 Å². The first kappa shape index (κ1) is 13.1. The van der Waals surface area contributed by atoms with Crippen molar-refractivity contribution in [3.05, 3.63) is 64.2 Å². The summed E-state index contributed by atoms with van der Waals surface area (Å²) in [5, 5.41) is 0.223. The molecule has 2 aromatic carbocycles. The molecule has 0 aliphatic carbocycles. The van der Waals surface area contributed by atoms with E-state index in [-0.39, 0.29) is 23.0 Å². The third-order valence-electron chi connectivity index (χ3n) is 3.14. The van der Waals surface area contributed by atoms with Gasteiger partial charge in [-0.2, -0.15) is 0 Å². The number of carbonyl (C=O) groups excluding carboxylic acids is 1. The molecule has 0 fully saturated rings. The zero-order valence-electron chi connectivity index (χ0n) is 10.2. The number of hydrogen-bond donors (Lipinski definition) is 0. The number of Topliss-reactive ketones (excluding diaryl/α,β-unsaturated/α-hetero) is 1. The van der Waals surface area contributed by atoms with E-state index in [4.69, 9.17) is 16.3 Å². The molecule has 0 aromatic heterocycles.